The number of hydrogen-bond acceptors (Lipinski definition) is 4. The molecule has 0 heterocycles. The summed E-state index contributed by atoms with van der Waals surface area (Å²) in [5, 5.41) is 3.47. The molecule has 0 amide bonds. The van der Waals surface area contributed by atoms with E-state index >= 15 is 0 Å². The summed E-state index contributed by atoms with van der Waals surface area (Å²) < 4.78 is 5.66. The maximum atomic E-state index is 5.66. The van der Waals surface area contributed by atoms with E-state index in [2.05, 4.69) is 5.10 Å². The lowest BCUT2D eigenvalue weighted by Gasteiger charge is -2.06. The largest absolute Gasteiger partial charge is 0.457 e. The zero-order valence-electron chi connectivity index (χ0n) is 9.21. The van der Waals surface area contributed by atoms with Crippen molar-refractivity contribution in [3.05, 3.63) is 54.1 Å². The molecule has 17 heavy (non-hydrogen) atoms. The Morgan fingerprint density at radius 3 is 2.47 bits per heavy atom. The van der Waals surface area contributed by atoms with E-state index in [4.69, 9.17) is 16.3 Å². The van der Waals surface area contributed by atoms with Crippen LogP contribution in [0.25, 0.3) is 0 Å². The average molecular weight is 227 g/mol. The van der Waals surface area contributed by atoms with Gasteiger partial charge in [0.15, 0.2) is 0 Å². The molecule has 0 spiro atoms. The van der Waals surface area contributed by atoms with E-state index in [1.807, 2.05) is 36.4 Å². The predicted molar refractivity (Wildman–Crippen MR) is 69.2 cm³/mol. The molecule has 4 heteroatoms. The molecule has 4 N–H and O–H groups in total. The molecule has 0 unspecified atom stereocenters. The molecule has 4 nitrogen and oxygen atoms in total. The Bertz CT molecular complexity index is 520. The van der Waals surface area contributed by atoms with Crippen molar-refractivity contribution in [2.75, 3.05) is 5.73 Å². The van der Waals surface area contributed by atoms with Crippen molar-refractivity contribution in [2.24, 2.45) is 10.9 Å². The minimum atomic E-state index is 0.710. The first-order chi connectivity index (χ1) is 8.28. The van der Waals surface area contributed by atoms with Crippen molar-refractivity contribution in [2.45, 2.75) is 0 Å². The fraction of sp³-hybridized carbons (Fsp3) is 0. The number of benzene rings is 2. The quantitative estimate of drug-likeness (QED) is 0.366. The number of nitrogens with two attached hydrogens (primary N) is 2. The molecule has 0 bridgehead atoms. The van der Waals surface area contributed by atoms with E-state index in [1.54, 1.807) is 18.3 Å². The summed E-state index contributed by atoms with van der Waals surface area (Å²) in [6, 6.07) is 14.7. The Morgan fingerprint density at radius 1 is 1.00 bits per heavy atom. The van der Waals surface area contributed by atoms with Crippen LogP contribution in [-0.4, -0.2) is 6.21 Å². The van der Waals surface area contributed by atoms with Crippen LogP contribution < -0.4 is 16.3 Å². The van der Waals surface area contributed by atoms with E-state index < -0.39 is 0 Å². The van der Waals surface area contributed by atoms with Crippen LogP contribution in [0.1, 0.15) is 5.56 Å². The normalized spacial score (nSPS) is 10.6. The van der Waals surface area contributed by atoms with Crippen molar-refractivity contribution in [3.63, 3.8) is 0 Å². The van der Waals surface area contributed by atoms with Crippen LogP contribution in [0, 0.1) is 0 Å². The van der Waals surface area contributed by atoms with Crippen LogP contribution in [0.15, 0.2) is 53.6 Å². The third-order valence-corrected chi connectivity index (χ3v) is 2.20. The maximum absolute atomic E-state index is 5.66. The van der Waals surface area contributed by atoms with Crippen LogP contribution in [0.4, 0.5) is 5.69 Å². The first-order valence-corrected chi connectivity index (χ1v) is 5.14. The molecule has 0 aliphatic heterocycles. The summed E-state index contributed by atoms with van der Waals surface area (Å²) in [6.07, 6.45) is 1.57. The first kappa shape index (κ1) is 11.0. The molecule has 2 rings (SSSR count). The Balaban J connectivity index is 2.18. The molecule has 0 atom stereocenters. The molecule has 2 aromatic carbocycles. The highest BCUT2D eigenvalue weighted by atomic mass is 16.5. The molecular weight excluding hydrogens is 214 g/mol. The number of nitrogen functional groups attached to an aromatic ring is 1. The molecular formula is C13H13N3O. The van der Waals surface area contributed by atoms with Crippen molar-refractivity contribution in [1.29, 1.82) is 0 Å². The van der Waals surface area contributed by atoms with Gasteiger partial charge in [0.2, 0.25) is 0 Å². The smallest absolute Gasteiger partial charge is 0.128 e. The van der Waals surface area contributed by atoms with Gasteiger partial charge in [-0.1, -0.05) is 12.1 Å². The second-order valence-corrected chi connectivity index (χ2v) is 3.52. The van der Waals surface area contributed by atoms with Gasteiger partial charge in [-0.2, -0.15) is 5.10 Å². The number of anilines is 1. The molecule has 0 saturated heterocycles. The zero-order valence-corrected chi connectivity index (χ0v) is 9.21. The minimum absolute atomic E-state index is 0.710. The Hall–Kier alpha value is -2.49. The number of rotatable bonds is 3. The van der Waals surface area contributed by atoms with Crippen LogP contribution in [0.3, 0.4) is 0 Å². The van der Waals surface area contributed by atoms with E-state index in [9.17, 15) is 0 Å². The van der Waals surface area contributed by atoms with Gasteiger partial charge in [0.1, 0.15) is 11.5 Å². The lowest BCUT2D eigenvalue weighted by atomic mass is 10.2. The molecule has 0 aliphatic carbocycles. The van der Waals surface area contributed by atoms with E-state index in [1.165, 1.54) is 0 Å². The monoisotopic (exact) mass is 227 g/mol. The fourth-order valence-corrected chi connectivity index (χ4v) is 1.42. The molecule has 0 saturated carbocycles. The van der Waals surface area contributed by atoms with Gasteiger partial charge in [-0.05, 0) is 42.0 Å². The standard InChI is InChI=1S/C13H13N3O/c14-11-4-6-12(7-5-11)17-13-3-1-2-10(8-13)9-16-15/h1-9H,14-15H2. The van der Waals surface area contributed by atoms with Crippen LogP contribution in [-0.2, 0) is 0 Å². The van der Waals surface area contributed by atoms with E-state index in [-0.39, 0.29) is 0 Å². The lowest BCUT2D eigenvalue weighted by Crippen LogP contribution is -1.89. The summed E-state index contributed by atoms with van der Waals surface area (Å²) in [5.74, 6) is 6.56. The molecule has 86 valence electrons. The molecule has 0 radical (unpaired) electrons. The fourth-order valence-electron chi connectivity index (χ4n) is 1.42. The SMILES string of the molecule is NN=Cc1cccc(Oc2ccc(N)cc2)c1. The molecule has 0 aromatic heterocycles. The van der Waals surface area contributed by atoms with Gasteiger partial charge >= 0.3 is 0 Å². The van der Waals surface area contributed by atoms with Gasteiger partial charge in [0.25, 0.3) is 0 Å². The second kappa shape index (κ2) is 5.03. The summed E-state index contributed by atoms with van der Waals surface area (Å²) >= 11 is 0. The van der Waals surface area contributed by atoms with Crippen LogP contribution in [0.5, 0.6) is 11.5 Å². The van der Waals surface area contributed by atoms with Crippen LogP contribution in [0.2, 0.25) is 0 Å². The summed E-state index contributed by atoms with van der Waals surface area (Å²) in [5.41, 5.74) is 7.20. The van der Waals surface area contributed by atoms with Crippen molar-refractivity contribution < 1.29 is 4.74 Å². The van der Waals surface area contributed by atoms with Gasteiger partial charge < -0.3 is 16.3 Å². The Labute approximate surface area is 99.5 Å². The van der Waals surface area contributed by atoms with Gasteiger partial charge in [-0.3, -0.25) is 0 Å². The topological polar surface area (TPSA) is 73.6 Å². The summed E-state index contributed by atoms with van der Waals surface area (Å²) in [7, 11) is 0. The predicted octanol–water partition coefficient (Wildman–Crippen LogP) is 2.35. The number of nitrogens with zero attached hydrogens (tertiary/aromatic N) is 1. The van der Waals surface area contributed by atoms with Crippen molar-refractivity contribution >= 4 is 11.9 Å². The highest BCUT2D eigenvalue weighted by Crippen LogP contribution is 2.22. The summed E-state index contributed by atoms with van der Waals surface area (Å²) in [6.45, 7) is 0. The maximum Gasteiger partial charge on any atom is 0.128 e. The lowest BCUT2D eigenvalue weighted by molar-refractivity contribution is 0.482. The molecule has 2 aromatic rings. The first-order valence-electron chi connectivity index (χ1n) is 5.14. The Morgan fingerprint density at radius 2 is 1.76 bits per heavy atom. The van der Waals surface area contributed by atoms with Crippen molar-refractivity contribution in [3.8, 4) is 11.5 Å². The minimum Gasteiger partial charge on any atom is -0.457 e. The summed E-state index contributed by atoms with van der Waals surface area (Å²) in [4.78, 5) is 0. The van der Waals surface area contributed by atoms with Crippen molar-refractivity contribution in [1.82, 2.24) is 0 Å². The third-order valence-electron chi connectivity index (χ3n) is 2.20. The zero-order chi connectivity index (χ0) is 12.1. The number of hydrogen-bond donors (Lipinski definition) is 2. The van der Waals surface area contributed by atoms with E-state index in [0.717, 1.165) is 17.1 Å². The molecule has 0 aliphatic rings. The van der Waals surface area contributed by atoms with Gasteiger partial charge in [0, 0.05) is 5.69 Å². The highest BCUT2D eigenvalue weighted by Gasteiger charge is 1.97. The number of hydrazone groups is 1. The highest BCUT2D eigenvalue weighted by molar-refractivity contribution is 5.79. The Kier molecular flexibility index (Phi) is 3.25. The molecule has 0 fully saturated rings. The van der Waals surface area contributed by atoms with Crippen LogP contribution >= 0.6 is 0 Å². The van der Waals surface area contributed by atoms with Gasteiger partial charge in [0.05, 0.1) is 6.21 Å². The second-order valence-electron chi connectivity index (χ2n) is 3.52. The van der Waals surface area contributed by atoms with Gasteiger partial charge in [-0.25, -0.2) is 0 Å². The van der Waals surface area contributed by atoms with E-state index in [0.29, 0.717) is 5.69 Å². The third kappa shape index (κ3) is 2.98. The van der Waals surface area contributed by atoms with Gasteiger partial charge in [-0.15, -0.1) is 0 Å². The average Bonchev–Trinajstić information content (AvgIpc) is 2.33. The number of ether oxygens (including phenoxy) is 1.